The summed E-state index contributed by atoms with van der Waals surface area (Å²) in [5.41, 5.74) is 1.13. The van der Waals surface area contributed by atoms with Crippen molar-refractivity contribution in [3.8, 4) is 0 Å². The largest absolute Gasteiger partial charge is 0.271 e. The van der Waals surface area contributed by atoms with Crippen LogP contribution in [0, 0.1) is 0 Å². The highest BCUT2D eigenvalue weighted by molar-refractivity contribution is 6.07. The fourth-order valence-electron chi connectivity index (χ4n) is 1.02. The maximum atomic E-state index is 5.30. The molecule has 0 N–H and O–H groups in total. The van der Waals surface area contributed by atoms with Gasteiger partial charge in [0.05, 0.1) is 11.9 Å². The molecule has 0 spiro atoms. The van der Waals surface area contributed by atoms with Gasteiger partial charge in [-0.3, -0.25) is 4.29 Å². The van der Waals surface area contributed by atoms with Gasteiger partial charge in [0.15, 0.2) is 0 Å². The normalized spacial score (nSPS) is 12.9. The van der Waals surface area contributed by atoms with Gasteiger partial charge in [0.25, 0.3) is 0 Å². The first-order valence-corrected chi connectivity index (χ1v) is 4.01. The number of hydrogen-bond acceptors (Lipinski definition) is 1. The Labute approximate surface area is 72.1 Å². The summed E-state index contributed by atoms with van der Waals surface area (Å²) < 4.78 is 4.76. The molecule has 0 saturated heterocycles. The molecular weight excluding hydrogens is 160 g/mol. The van der Waals surface area contributed by atoms with Crippen molar-refractivity contribution < 1.29 is 4.29 Å². The molecule has 11 heavy (non-hydrogen) atoms. The lowest BCUT2D eigenvalue weighted by Gasteiger charge is -2.09. The van der Waals surface area contributed by atoms with Crippen LogP contribution in [0.4, 0.5) is 0 Å². The second-order valence-corrected chi connectivity index (χ2v) is 2.57. The zero-order chi connectivity index (χ0) is 8.10. The quantitative estimate of drug-likeness (QED) is 0.677. The van der Waals surface area contributed by atoms with Gasteiger partial charge >= 0.3 is 0 Å². The Kier molecular flexibility index (Phi) is 3.40. The zero-order valence-corrected chi connectivity index (χ0v) is 7.21. The standard InChI is InChI=1S/C9H11ClO/c1-2-9(11-10)8-6-4-3-5-7-8/h3-7,9H,2H2,1H3. The zero-order valence-electron chi connectivity index (χ0n) is 6.46. The van der Waals surface area contributed by atoms with E-state index in [-0.39, 0.29) is 6.10 Å². The molecule has 0 radical (unpaired) electrons. The summed E-state index contributed by atoms with van der Waals surface area (Å²) in [6.45, 7) is 2.04. The van der Waals surface area contributed by atoms with Crippen molar-refractivity contribution in [2.24, 2.45) is 0 Å². The molecule has 0 aromatic heterocycles. The Morgan fingerprint density at radius 3 is 2.45 bits per heavy atom. The van der Waals surface area contributed by atoms with Gasteiger partial charge in [-0.05, 0) is 12.0 Å². The molecule has 1 unspecified atom stereocenters. The van der Waals surface area contributed by atoms with Gasteiger partial charge < -0.3 is 0 Å². The lowest BCUT2D eigenvalue weighted by molar-refractivity contribution is 0.224. The third-order valence-corrected chi connectivity index (χ3v) is 1.86. The van der Waals surface area contributed by atoms with Crippen molar-refractivity contribution in [3.63, 3.8) is 0 Å². The minimum absolute atomic E-state index is 0.0258. The van der Waals surface area contributed by atoms with E-state index in [0.717, 1.165) is 12.0 Å². The third kappa shape index (κ3) is 2.21. The van der Waals surface area contributed by atoms with Crippen molar-refractivity contribution in [1.29, 1.82) is 0 Å². The van der Waals surface area contributed by atoms with Crippen molar-refractivity contribution in [1.82, 2.24) is 0 Å². The Morgan fingerprint density at radius 2 is 2.00 bits per heavy atom. The van der Waals surface area contributed by atoms with E-state index in [1.54, 1.807) is 0 Å². The molecule has 0 fully saturated rings. The Balaban J connectivity index is 2.74. The van der Waals surface area contributed by atoms with Crippen LogP contribution in [0.1, 0.15) is 25.0 Å². The molecule has 1 aromatic carbocycles. The van der Waals surface area contributed by atoms with E-state index in [0.29, 0.717) is 0 Å². The maximum Gasteiger partial charge on any atom is 0.104 e. The highest BCUT2D eigenvalue weighted by Crippen LogP contribution is 2.21. The minimum atomic E-state index is 0.0258. The third-order valence-electron chi connectivity index (χ3n) is 1.65. The molecule has 0 bridgehead atoms. The van der Waals surface area contributed by atoms with Gasteiger partial charge in [-0.1, -0.05) is 37.3 Å². The van der Waals surface area contributed by atoms with E-state index in [1.165, 1.54) is 0 Å². The molecule has 0 aliphatic rings. The van der Waals surface area contributed by atoms with E-state index in [2.05, 4.69) is 0 Å². The summed E-state index contributed by atoms with van der Waals surface area (Å²) >= 11 is 5.30. The van der Waals surface area contributed by atoms with Crippen molar-refractivity contribution >= 4 is 11.9 Å². The first-order chi connectivity index (χ1) is 5.38. The van der Waals surface area contributed by atoms with Crippen LogP contribution in [-0.2, 0) is 4.29 Å². The highest BCUT2D eigenvalue weighted by atomic mass is 35.5. The van der Waals surface area contributed by atoms with Gasteiger partial charge in [-0.2, -0.15) is 0 Å². The lowest BCUT2D eigenvalue weighted by atomic mass is 10.1. The molecule has 1 aromatic rings. The molecule has 2 heteroatoms. The molecule has 0 aliphatic carbocycles. The van der Waals surface area contributed by atoms with Crippen LogP contribution >= 0.6 is 11.9 Å². The fourth-order valence-corrected chi connectivity index (χ4v) is 1.25. The monoisotopic (exact) mass is 170 g/mol. The van der Waals surface area contributed by atoms with E-state index >= 15 is 0 Å². The fraction of sp³-hybridized carbons (Fsp3) is 0.333. The number of hydrogen-bond donors (Lipinski definition) is 0. The summed E-state index contributed by atoms with van der Waals surface area (Å²) in [5.74, 6) is 0. The minimum Gasteiger partial charge on any atom is -0.271 e. The molecule has 1 rings (SSSR count). The molecule has 0 amide bonds. The maximum absolute atomic E-state index is 5.30. The number of benzene rings is 1. The molecule has 0 heterocycles. The van der Waals surface area contributed by atoms with Crippen LogP contribution in [0.15, 0.2) is 30.3 Å². The van der Waals surface area contributed by atoms with E-state index < -0.39 is 0 Å². The molecule has 60 valence electrons. The highest BCUT2D eigenvalue weighted by Gasteiger charge is 2.06. The van der Waals surface area contributed by atoms with Crippen molar-refractivity contribution in [2.75, 3.05) is 0 Å². The van der Waals surface area contributed by atoms with Crippen LogP contribution < -0.4 is 0 Å². The van der Waals surface area contributed by atoms with Gasteiger partial charge in [-0.15, -0.1) is 0 Å². The van der Waals surface area contributed by atoms with Crippen LogP contribution in [-0.4, -0.2) is 0 Å². The molecular formula is C9H11ClO. The van der Waals surface area contributed by atoms with E-state index in [1.807, 2.05) is 37.3 Å². The molecule has 1 atom stereocenters. The summed E-state index contributed by atoms with van der Waals surface area (Å²) in [6, 6.07) is 9.96. The van der Waals surface area contributed by atoms with Crippen LogP contribution in [0.5, 0.6) is 0 Å². The molecule has 1 nitrogen and oxygen atoms in total. The second kappa shape index (κ2) is 4.37. The first kappa shape index (κ1) is 8.57. The van der Waals surface area contributed by atoms with Crippen LogP contribution in [0.2, 0.25) is 0 Å². The Bertz CT molecular complexity index is 194. The smallest absolute Gasteiger partial charge is 0.104 e. The summed E-state index contributed by atoms with van der Waals surface area (Å²) in [6.07, 6.45) is 0.922. The van der Waals surface area contributed by atoms with Crippen LogP contribution in [0.3, 0.4) is 0 Å². The summed E-state index contributed by atoms with van der Waals surface area (Å²) in [4.78, 5) is 0. The second-order valence-electron chi connectivity index (χ2n) is 2.40. The summed E-state index contributed by atoms with van der Waals surface area (Å²) in [7, 11) is 0. The van der Waals surface area contributed by atoms with Gasteiger partial charge in [0, 0.05) is 0 Å². The van der Waals surface area contributed by atoms with Crippen molar-refractivity contribution in [3.05, 3.63) is 35.9 Å². The van der Waals surface area contributed by atoms with Crippen LogP contribution in [0.25, 0.3) is 0 Å². The predicted molar refractivity (Wildman–Crippen MR) is 46.4 cm³/mol. The average molecular weight is 171 g/mol. The molecule has 0 saturated carbocycles. The SMILES string of the molecule is CCC(OCl)c1ccccc1. The van der Waals surface area contributed by atoms with Gasteiger partial charge in [0.2, 0.25) is 0 Å². The predicted octanol–water partition coefficient (Wildman–Crippen LogP) is 3.31. The number of halogens is 1. The lowest BCUT2D eigenvalue weighted by Crippen LogP contribution is -1.95. The van der Waals surface area contributed by atoms with E-state index in [9.17, 15) is 0 Å². The van der Waals surface area contributed by atoms with Crippen molar-refractivity contribution in [2.45, 2.75) is 19.4 Å². The van der Waals surface area contributed by atoms with Gasteiger partial charge in [0.1, 0.15) is 6.10 Å². The Morgan fingerprint density at radius 1 is 1.36 bits per heavy atom. The average Bonchev–Trinajstić information content (AvgIpc) is 2.09. The first-order valence-electron chi connectivity index (χ1n) is 3.70. The van der Waals surface area contributed by atoms with E-state index in [4.69, 9.17) is 16.2 Å². The summed E-state index contributed by atoms with van der Waals surface area (Å²) in [5, 5.41) is 0. The molecule has 0 aliphatic heterocycles. The Hall–Kier alpha value is -0.530. The van der Waals surface area contributed by atoms with Gasteiger partial charge in [-0.25, -0.2) is 0 Å². The number of rotatable bonds is 3. The topological polar surface area (TPSA) is 9.23 Å².